The average Bonchev–Trinajstić information content (AvgIpc) is 3.51. The molecule has 2 unspecified atom stereocenters. The maximum atomic E-state index is 14.1. The molecule has 3 atom stereocenters. The van der Waals surface area contributed by atoms with Crippen molar-refractivity contribution in [1.29, 1.82) is 0 Å². The van der Waals surface area contributed by atoms with Crippen molar-refractivity contribution in [3.05, 3.63) is 63.0 Å². The third-order valence-electron chi connectivity index (χ3n) is 11.5. The summed E-state index contributed by atoms with van der Waals surface area (Å²) < 4.78 is 43.2. The van der Waals surface area contributed by atoms with Crippen molar-refractivity contribution in [2.45, 2.75) is 81.3 Å². The minimum Gasteiger partial charge on any atom is -0.397 e. The molecule has 1 aromatic heterocycles. The van der Waals surface area contributed by atoms with Crippen LogP contribution in [-0.4, -0.2) is 112 Å². The molecule has 4 aliphatic heterocycles. The van der Waals surface area contributed by atoms with Gasteiger partial charge >= 0.3 is 17.9 Å². The number of rotatable bonds is 6. The highest BCUT2D eigenvalue weighted by molar-refractivity contribution is 6.33. The van der Waals surface area contributed by atoms with Crippen LogP contribution < -0.4 is 16.7 Å². The van der Waals surface area contributed by atoms with E-state index in [-0.39, 0.29) is 34.6 Å². The maximum Gasteiger partial charge on any atom is 0.418 e. The lowest BCUT2D eigenvalue weighted by Gasteiger charge is -2.45. The van der Waals surface area contributed by atoms with Gasteiger partial charge in [0.15, 0.2) is 0 Å². The summed E-state index contributed by atoms with van der Waals surface area (Å²) in [6, 6.07) is 9.63. The lowest BCUT2D eigenvalue weighted by Crippen LogP contribution is -2.59. The van der Waals surface area contributed by atoms with Gasteiger partial charge in [-0.1, -0.05) is 23.7 Å². The largest absolute Gasteiger partial charge is 0.418 e. The van der Waals surface area contributed by atoms with Crippen molar-refractivity contribution in [1.82, 2.24) is 34.5 Å². The van der Waals surface area contributed by atoms with Crippen LogP contribution in [0.4, 0.5) is 23.7 Å². The second-order valence-electron chi connectivity index (χ2n) is 14.3. The number of aromatic nitrogens is 2. The summed E-state index contributed by atoms with van der Waals surface area (Å²) in [7, 11) is 2.21. The summed E-state index contributed by atoms with van der Waals surface area (Å²) in [4.78, 5) is 51.7. The molecule has 0 spiro atoms. The van der Waals surface area contributed by atoms with Gasteiger partial charge in [0.25, 0.3) is 0 Å². The first-order valence-electron chi connectivity index (χ1n) is 17.5. The molecule has 2 bridgehead atoms. The number of likely N-dealkylation sites (tertiary alicyclic amines) is 1. The lowest BCUT2D eigenvalue weighted by atomic mass is 9.95. The molecule has 0 saturated carbocycles. The molecule has 15 heteroatoms. The standard InChI is InChI=1S/C35H44ClF3N8O3/c1-43-23-6-7-24(43)20-25(19-23)44-12-14-45(15-13-44)32(48)29(18-21-16-26(35(37,38)39)31(40)27(36)17-21)42-33(49)46-10-8-22(9-11-46)47-30-5-3-2-4-28(30)41-34(47)50/h2-5,16-17,22-25,29H,6-15,18-20,40H2,1H3,(H,41,50)(H,42,49)/t23?,24?,25?,29-/m1/s1. The number of halogens is 4. The SMILES string of the molecule is CN1C2CCC1CC(N1CCN(C(=O)[C@@H](Cc3cc(Cl)c(N)c(C(F)(F)F)c3)NC(=O)N3CCC(n4c(=O)[nH]c5ccccc54)CC3)CC1)C2. The Hall–Kier alpha value is -3.75. The zero-order valence-electron chi connectivity index (χ0n) is 28.1. The number of piperidine rings is 2. The molecule has 4 saturated heterocycles. The summed E-state index contributed by atoms with van der Waals surface area (Å²) >= 11 is 6.14. The summed E-state index contributed by atoms with van der Waals surface area (Å²) in [6.45, 7) is 3.01. The van der Waals surface area contributed by atoms with Crippen LogP contribution >= 0.6 is 11.6 Å². The zero-order chi connectivity index (χ0) is 35.3. The van der Waals surface area contributed by atoms with E-state index in [0.717, 1.165) is 29.9 Å². The van der Waals surface area contributed by atoms with Crippen LogP contribution in [0, 0.1) is 0 Å². The molecule has 4 N–H and O–H groups in total. The fourth-order valence-electron chi connectivity index (χ4n) is 8.68. The molecule has 0 aliphatic carbocycles. The first-order valence-corrected chi connectivity index (χ1v) is 17.9. The number of nitrogens with zero attached hydrogens (tertiary/aromatic N) is 5. The molecule has 3 aromatic rings. The van der Waals surface area contributed by atoms with Crippen LogP contribution in [-0.2, 0) is 17.4 Å². The number of fused-ring (bicyclic) bond motifs is 3. The Labute approximate surface area is 293 Å². The van der Waals surface area contributed by atoms with Crippen LogP contribution in [0.15, 0.2) is 41.2 Å². The number of carbonyl (C=O) groups is 2. The number of aromatic amines is 1. The van der Waals surface area contributed by atoms with Gasteiger partial charge in [0.2, 0.25) is 5.91 Å². The normalized spacial score (nSPS) is 24.5. The number of nitrogens with two attached hydrogens (primary N) is 1. The minimum atomic E-state index is -4.74. The highest BCUT2D eigenvalue weighted by atomic mass is 35.5. The van der Waals surface area contributed by atoms with Gasteiger partial charge in [0.1, 0.15) is 6.04 Å². The number of nitrogen functional groups attached to an aromatic ring is 1. The molecule has 5 heterocycles. The summed E-state index contributed by atoms with van der Waals surface area (Å²) in [5.74, 6) is -0.344. The monoisotopic (exact) mass is 716 g/mol. The number of anilines is 1. The topological polar surface area (TPSA) is 123 Å². The van der Waals surface area contributed by atoms with Crippen LogP contribution in [0.3, 0.4) is 0 Å². The Bertz CT molecular complexity index is 1780. The van der Waals surface area contributed by atoms with E-state index in [4.69, 9.17) is 17.3 Å². The molecular weight excluding hydrogens is 673 g/mol. The molecule has 270 valence electrons. The number of carbonyl (C=O) groups excluding carboxylic acids is 2. The average molecular weight is 717 g/mol. The first kappa shape index (κ1) is 34.7. The van der Waals surface area contributed by atoms with Crippen molar-refractivity contribution in [3.63, 3.8) is 0 Å². The molecule has 3 amide bonds. The van der Waals surface area contributed by atoms with E-state index in [1.807, 2.05) is 24.3 Å². The molecule has 4 fully saturated rings. The van der Waals surface area contributed by atoms with E-state index in [2.05, 4.69) is 27.1 Å². The van der Waals surface area contributed by atoms with Crippen molar-refractivity contribution < 1.29 is 22.8 Å². The number of hydrogen-bond acceptors (Lipinski definition) is 6. The van der Waals surface area contributed by atoms with E-state index < -0.39 is 29.5 Å². The van der Waals surface area contributed by atoms with Gasteiger partial charge in [-0.3, -0.25) is 14.3 Å². The van der Waals surface area contributed by atoms with Gasteiger partial charge in [-0.05, 0) is 75.4 Å². The van der Waals surface area contributed by atoms with Gasteiger partial charge in [0, 0.05) is 69.9 Å². The smallest absolute Gasteiger partial charge is 0.397 e. The van der Waals surface area contributed by atoms with E-state index in [1.165, 1.54) is 18.9 Å². The third kappa shape index (κ3) is 6.81. The number of hydrogen-bond donors (Lipinski definition) is 3. The van der Waals surface area contributed by atoms with Crippen LogP contribution in [0.1, 0.15) is 55.7 Å². The number of amides is 3. The highest BCUT2D eigenvalue weighted by Gasteiger charge is 2.42. The van der Waals surface area contributed by atoms with Crippen LogP contribution in [0.5, 0.6) is 0 Å². The van der Waals surface area contributed by atoms with E-state index in [9.17, 15) is 27.6 Å². The molecular formula is C35H44ClF3N8O3. The molecule has 7 rings (SSSR count). The summed E-state index contributed by atoms with van der Waals surface area (Å²) in [5, 5.41) is 2.60. The van der Waals surface area contributed by atoms with Crippen molar-refractivity contribution >= 4 is 40.3 Å². The van der Waals surface area contributed by atoms with Crippen molar-refractivity contribution in [2.75, 3.05) is 52.0 Å². The highest BCUT2D eigenvalue weighted by Crippen LogP contribution is 2.39. The molecule has 50 heavy (non-hydrogen) atoms. The number of para-hydroxylation sites is 2. The number of piperazine rings is 1. The van der Waals surface area contributed by atoms with Gasteiger partial charge in [-0.15, -0.1) is 0 Å². The quantitative estimate of drug-likeness (QED) is 0.327. The van der Waals surface area contributed by atoms with E-state index in [1.54, 1.807) is 14.4 Å². The van der Waals surface area contributed by atoms with Crippen molar-refractivity contribution in [3.8, 4) is 0 Å². The maximum absolute atomic E-state index is 14.1. The second-order valence-corrected chi connectivity index (χ2v) is 14.7. The molecule has 11 nitrogen and oxygen atoms in total. The predicted octanol–water partition coefficient (Wildman–Crippen LogP) is 4.31. The van der Waals surface area contributed by atoms with Gasteiger partial charge < -0.3 is 30.7 Å². The number of H-pyrrole nitrogens is 1. The van der Waals surface area contributed by atoms with Crippen molar-refractivity contribution in [2.24, 2.45) is 0 Å². The second kappa shape index (κ2) is 13.8. The number of nitrogens with one attached hydrogen (secondary N) is 2. The molecule has 0 radical (unpaired) electrons. The Morgan fingerprint density at radius 3 is 2.26 bits per heavy atom. The fraction of sp³-hybridized carbons (Fsp3) is 0.571. The number of imidazole rings is 1. The Morgan fingerprint density at radius 1 is 0.940 bits per heavy atom. The predicted molar refractivity (Wildman–Crippen MR) is 185 cm³/mol. The fourth-order valence-corrected chi connectivity index (χ4v) is 8.92. The zero-order valence-corrected chi connectivity index (χ0v) is 28.8. The Kier molecular flexibility index (Phi) is 9.54. The lowest BCUT2D eigenvalue weighted by molar-refractivity contribution is -0.137. The molecule has 2 aromatic carbocycles. The summed E-state index contributed by atoms with van der Waals surface area (Å²) in [6.07, 6.45) is 0.799. The van der Waals surface area contributed by atoms with Crippen LogP contribution in [0.25, 0.3) is 11.0 Å². The van der Waals surface area contributed by atoms with Crippen LogP contribution in [0.2, 0.25) is 5.02 Å². The number of alkyl halides is 3. The molecule has 4 aliphatic rings. The van der Waals surface area contributed by atoms with Gasteiger partial charge in [0.05, 0.1) is 27.3 Å². The number of urea groups is 1. The van der Waals surface area contributed by atoms with Gasteiger partial charge in [-0.25, -0.2) is 9.59 Å². The Balaban J connectivity index is 1.05. The summed E-state index contributed by atoms with van der Waals surface area (Å²) in [5.41, 5.74) is 5.51. The van der Waals surface area contributed by atoms with E-state index >= 15 is 0 Å². The Morgan fingerprint density at radius 2 is 1.60 bits per heavy atom. The van der Waals surface area contributed by atoms with Gasteiger partial charge in [-0.2, -0.15) is 13.2 Å². The van der Waals surface area contributed by atoms with E-state index in [0.29, 0.717) is 70.2 Å². The number of benzene rings is 2. The first-order chi connectivity index (χ1) is 23.9. The third-order valence-corrected chi connectivity index (χ3v) is 11.8. The minimum absolute atomic E-state index is 0.117.